The van der Waals surface area contributed by atoms with Crippen molar-refractivity contribution in [2.45, 2.75) is 53.1 Å². The van der Waals surface area contributed by atoms with Crippen LogP contribution in [0, 0.1) is 11.8 Å². The molecule has 14 heteroatoms. The van der Waals surface area contributed by atoms with Gasteiger partial charge in [-0.3, -0.25) is 28.9 Å². The third kappa shape index (κ3) is 14.0. The second-order valence-corrected chi connectivity index (χ2v) is 9.87. The van der Waals surface area contributed by atoms with Crippen LogP contribution >= 0.6 is 0 Å². The minimum atomic E-state index is -0.861. The van der Waals surface area contributed by atoms with Crippen LogP contribution in [0.1, 0.15) is 41.0 Å². The molecule has 2 atom stereocenters. The summed E-state index contributed by atoms with van der Waals surface area (Å²) in [6, 6.07) is -1.71. The van der Waals surface area contributed by atoms with Gasteiger partial charge in [-0.15, -0.1) is 0 Å². The van der Waals surface area contributed by atoms with Crippen LogP contribution in [-0.2, 0) is 38.2 Å². The van der Waals surface area contributed by atoms with Crippen molar-refractivity contribution in [1.29, 1.82) is 0 Å². The number of carbonyl (C=O) groups excluding carboxylic acids is 6. The molecule has 0 aromatic rings. The molecule has 0 saturated heterocycles. The second kappa shape index (κ2) is 18.7. The first kappa shape index (κ1) is 34.5. The van der Waals surface area contributed by atoms with Gasteiger partial charge in [-0.2, -0.15) is 0 Å². The summed E-state index contributed by atoms with van der Waals surface area (Å²) in [7, 11) is 0. The van der Waals surface area contributed by atoms with Crippen molar-refractivity contribution in [2.24, 2.45) is 11.8 Å². The maximum atomic E-state index is 12.7. The highest BCUT2D eigenvalue weighted by molar-refractivity contribution is 6.12. The van der Waals surface area contributed by atoms with Crippen LogP contribution in [0.3, 0.4) is 0 Å². The Morgan fingerprint density at radius 2 is 1.40 bits per heavy atom. The number of nitrogens with zero attached hydrogens (tertiary/aromatic N) is 1. The van der Waals surface area contributed by atoms with Gasteiger partial charge >= 0.3 is 6.09 Å². The van der Waals surface area contributed by atoms with Gasteiger partial charge < -0.3 is 35.5 Å². The average Bonchev–Trinajstić information content (AvgIpc) is 3.21. The minimum Gasteiger partial charge on any atom is -0.449 e. The van der Waals surface area contributed by atoms with Crippen molar-refractivity contribution in [3.8, 4) is 0 Å². The van der Waals surface area contributed by atoms with Crippen LogP contribution in [0.25, 0.3) is 0 Å². The Bertz CT molecular complexity index is 889. The van der Waals surface area contributed by atoms with Crippen molar-refractivity contribution in [3.63, 3.8) is 0 Å². The fourth-order valence-electron chi connectivity index (χ4n) is 3.24. The Kier molecular flexibility index (Phi) is 16.1. The highest BCUT2D eigenvalue weighted by Crippen LogP contribution is 2.04. The summed E-state index contributed by atoms with van der Waals surface area (Å²) in [6.07, 6.45) is 1.86. The normalized spacial score (nSPS) is 14.3. The molecule has 0 saturated carbocycles. The van der Waals surface area contributed by atoms with Gasteiger partial charge in [0.15, 0.2) is 0 Å². The summed E-state index contributed by atoms with van der Waals surface area (Å²) in [5.41, 5.74) is 0. The van der Waals surface area contributed by atoms with E-state index in [1.807, 2.05) is 13.8 Å². The summed E-state index contributed by atoms with van der Waals surface area (Å²) in [5, 5.41) is 10.4. The van der Waals surface area contributed by atoms with Crippen LogP contribution < -0.4 is 21.3 Å². The number of rotatable bonds is 19. The summed E-state index contributed by atoms with van der Waals surface area (Å²) < 4.78 is 15.7. The van der Waals surface area contributed by atoms with Gasteiger partial charge in [0.2, 0.25) is 17.7 Å². The highest BCUT2D eigenvalue weighted by Gasteiger charge is 2.27. The molecule has 0 aromatic carbocycles. The quantitative estimate of drug-likeness (QED) is 0.117. The molecular weight excluding hydrogens is 526 g/mol. The molecule has 0 aliphatic carbocycles. The topological polar surface area (TPSA) is 181 Å². The first-order valence-electron chi connectivity index (χ1n) is 13.4. The molecule has 0 aromatic heterocycles. The zero-order valence-corrected chi connectivity index (χ0v) is 23.9. The molecule has 1 aliphatic heterocycles. The first-order valence-corrected chi connectivity index (χ1v) is 13.4. The van der Waals surface area contributed by atoms with Crippen LogP contribution in [0.4, 0.5) is 4.79 Å². The van der Waals surface area contributed by atoms with Gasteiger partial charge in [-0.05, 0) is 18.8 Å². The molecule has 6 amide bonds. The number of alkyl carbamates (subject to hydrolysis) is 1. The molecule has 40 heavy (non-hydrogen) atoms. The third-order valence-corrected chi connectivity index (χ3v) is 5.46. The maximum Gasteiger partial charge on any atom is 0.407 e. The lowest BCUT2D eigenvalue weighted by molar-refractivity contribution is -0.137. The van der Waals surface area contributed by atoms with Crippen molar-refractivity contribution in [1.82, 2.24) is 26.2 Å². The zero-order valence-electron chi connectivity index (χ0n) is 23.9. The lowest BCUT2D eigenvalue weighted by Gasteiger charge is -2.24. The smallest absolute Gasteiger partial charge is 0.407 e. The van der Waals surface area contributed by atoms with Crippen LogP contribution in [-0.4, -0.2) is 105 Å². The van der Waals surface area contributed by atoms with E-state index in [1.54, 1.807) is 13.8 Å². The predicted molar refractivity (Wildman–Crippen MR) is 144 cm³/mol. The molecule has 14 nitrogen and oxygen atoms in total. The van der Waals surface area contributed by atoms with E-state index in [1.165, 1.54) is 19.1 Å². The van der Waals surface area contributed by atoms with Gasteiger partial charge in [-0.1, -0.05) is 27.7 Å². The van der Waals surface area contributed by atoms with E-state index in [0.29, 0.717) is 6.61 Å². The molecule has 0 fully saturated rings. The third-order valence-electron chi connectivity index (χ3n) is 5.46. The maximum absolute atomic E-state index is 12.7. The molecule has 1 aliphatic rings. The summed E-state index contributed by atoms with van der Waals surface area (Å²) >= 11 is 0. The van der Waals surface area contributed by atoms with Crippen molar-refractivity contribution < 1.29 is 43.0 Å². The van der Waals surface area contributed by atoms with Gasteiger partial charge in [0.25, 0.3) is 11.8 Å². The monoisotopic (exact) mass is 569 g/mol. The molecule has 0 bridgehead atoms. The van der Waals surface area contributed by atoms with Crippen molar-refractivity contribution in [3.05, 3.63) is 12.2 Å². The SMILES string of the molecule is CC(C)COC(=O)NCCNC(=O)[C@H](C)NC(=O)C(NC(=O)CCOCCOCCN1C(=O)C=CC1=O)C(C)C. The van der Waals surface area contributed by atoms with Gasteiger partial charge in [0.1, 0.15) is 12.1 Å². The molecule has 1 heterocycles. The predicted octanol–water partition coefficient (Wildman–Crippen LogP) is -0.521. The van der Waals surface area contributed by atoms with E-state index in [0.717, 1.165) is 4.90 Å². The van der Waals surface area contributed by atoms with E-state index >= 15 is 0 Å². The summed E-state index contributed by atoms with van der Waals surface area (Å²) in [6.45, 7) is 10.4. The van der Waals surface area contributed by atoms with Crippen LogP contribution in [0.5, 0.6) is 0 Å². The number of ether oxygens (including phenoxy) is 3. The lowest BCUT2D eigenvalue weighted by atomic mass is 10.0. The van der Waals surface area contributed by atoms with E-state index in [4.69, 9.17) is 14.2 Å². The van der Waals surface area contributed by atoms with Crippen LogP contribution in [0.2, 0.25) is 0 Å². The molecule has 0 spiro atoms. The van der Waals surface area contributed by atoms with E-state index in [-0.39, 0.29) is 82.0 Å². The number of hydrogen-bond donors (Lipinski definition) is 4. The van der Waals surface area contributed by atoms with E-state index in [9.17, 15) is 28.8 Å². The van der Waals surface area contributed by atoms with Crippen LogP contribution in [0.15, 0.2) is 12.2 Å². The van der Waals surface area contributed by atoms with Crippen molar-refractivity contribution >= 4 is 35.6 Å². The standard InChI is InChI=1S/C26H43N5O9/c1-17(2)16-40-26(37)28-10-9-27-24(35)19(5)29-25(36)23(18(3)4)30-20(32)8-12-38-14-15-39-13-11-31-21(33)6-7-22(31)34/h6-7,17-19,23H,8-16H2,1-5H3,(H,27,35)(H,28,37)(H,29,36)(H,30,32)/t19-,23?/m0/s1. The summed E-state index contributed by atoms with van der Waals surface area (Å²) in [5.74, 6) is -2.09. The Balaban J connectivity index is 2.23. The molecule has 0 radical (unpaired) electrons. The van der Waals surface area contributed by atoms with E-state index < -0.39 is 30.0 Å². The average molecular weight is 570 g/mol. The number of carbonyl (C=O) groups is 6. The molecule has 226 valence electrons. The number of nitrogens with one attached hydrogen (secondary N) is 4. The Morgan fingerprint density at radius 1 is 0.800 bits per heavy atom. The first-order chi connectivity index (χ1) is 18.9. The minimum absolute atomic E-state index is 0.0155. The van der Waals surface area contributed by atoms with E-state index in [2.05, 4.69) is 21.3 Å². The fourth-order valence-corrected chi connectivity index (χ4v) is 3.24. The second-order valence-electron chi connectivity index (χ2n) is 9.87. The summed E-state index contributed by atoms with van der Waals surface area (Å²) in [4.78, 5) is 72.8. The number of amides is 6. The molecule has 4 N–H and O–H groups in total. The molecule has 1 rings (SSSR count). The lowest BCUT2D eigenvalue weighted by Crippen LogP contribution is -2.55. The number of hydrogen-bond acceptors (Lipinski definition) is 9. The largest absolute Gasteiger partial charge is 0.449 e. The number of imide groups is 1. The Morgan fingerprint density at radius 3 is 2.00 bits per heavy atom. The zero-order chi connectivity index (χ0) is 30.1. The molecular formula is C26H43N5O9. The van der Waals surface area contributed by atoms with Gasteiger partial charge in [0.05, 0.1) is 39.6 Å². The molecule has 1 unspecified atom stereocenters. The Hall–Kier alpha value is -3.52. The van der Waals surface area contributed by atoms with Crippen molar-refractivity contribution in [2.75, 3.05) is 52.7 Å². The van der Waals surface area contributed by atoms with Gasteiger partial charge in [0, 0.05) is 31.7 Å². The Labute approximate surface area is 234 Å². The highest BCUT2D eigenvalue weighted by atomic mass is 16.5. The van der Waals surface area contributed by atoms with Gasteiger partial charge in [-0.25, -0.2) is 4.79 Å². The fraction of sp³-hybridized carbons (Fsp3) is 0.692.